The van der Waals surface area contributed by atoms with Gasteiger partial charge in [-0.2, -0.15) is 0 Å². The Labute approximate surface area is 91.0 Å². The molecule has 2 heteroatoms. The van der Waals surface area contributed by atoms with Crippen LogP contribution in [-0.2, 0) is 6.42 Å². The van der Waals surface area contributed by atoms with Crippen molar-refractivity contribution in [1.29, 1.82) is 0 Å². The van der Waals surface area contributed by atoms with Crippen LogP contribution >= 0.6 is 0 Å². The predicted molar refractivity (Wildman–Crippen MR) is 60.1 cm³/mol. The third-order valence-electron chi connectivity index (χ3n) is 4.23. The lowest BCUT2D eigenvalue weighted by Crippen LogP contribution is -2.29. The molecule has 1 N–H and O–H groups in total. The summed E-state index contributed by atoms with van der Waals surface area (Å²) in [5.74, 6) is 3.03. The molecule has 15 heavy (non-hydrogen) atoms. The molecule has 1 heterocycles. The van der Waals surface area contributed by atoms with Crippen LogP contribution < -0.4 is 5.32 Å². The molecular formula is C13H19NO. The van der Waals surface area contributed by atoms with Crippen LogP contribution in [0.25, 0.3) is 0 Å². The Bertz CT molecular complexity index is 376. The molecule has 0 radical (unpaired) electrons. The SMILES string of the molecule is CNCC1c2cc(C)oc2CCC12CC2. The van der Waals surface area contributed by atoms with Gasteiger partial charge in [0.2, 0.25) is 0 Å². The summed E-state index contributed by atoms with van der Waals surface area (Å²) in [4.78, 5) is 0. The van der Waals surface area contributed by atoms with E-state index in [9.17, 15) is 0 Å². The summed E-state index contributed by atoms with van der Waals surface area (Å²) in [5, 5.41) is 3.34. The van der Waals surface area contributed by atoms with Crippen molar-refractivity contribution in [2.24, 2.45) is 5.41 Å². The third-order valence-corrected chi connectivity index (χ3v) is 4.23. The number of furan rings is 1. The van der Waals surface area contributed by atoms with Gasteiger partial charge < -0.3 is 9.73 Å². The van der Waals surface area contributed by atoms with E-state index in [1.54, 1.807) is 0 Å². The highest BCUT2D eigenvalue weighted by molar-refractivity contribution is 5.33. The maximum Gasteiger partial charge on any atom is 0.107 e. The van der Waals surface area contributed by atoms with Crippen molar-refractivity contribution in [1.82, 2.24) is 5.32 Å². The van der Waals surface area contributed by atoms with Gasteiger partial charge in [-0.1, -0.05) is 0 Å². The van der Waals surface area contributed by atoms with E-state index in [2.05, 4.69) is 25.4 Å². The molecule has 0 aliphatic heterocycles. The molecule has 1 saturated carbocycles. The maximum absolute atomic E-state index is 5.78. The fraction of sp³-hybridized carbons (Fsp3) is 0.692. The predicted octanol–water partition coefficient (Wildman–Crippen LogP) is 2.62. The summed E-state index contributed by atoms with van der Waals surface area (Å²) >= 11 is 0. The second kappa shape index (κ2) is 3.11. The van der Waals surface area contributed by atoms with Gasteiger partial charge in [0.15, 0.2) is 0 Å². The van der Waals surface area contributed by atoms with E-state index < -0.39 is 0 Å². The Hall–Kier alpha value is -0.760. The monoisotopic (exact) mass is 205 g/mol. The quantitative estimate of drug-likeness (QED) is 0.803. The summed E-state index contributed by atoms with van der Waals surface area (Å²) < 4.78 is 5.78. The molecular weight excluding hydrogens is 186 g/mol. The third kappa shape index (κ3) is 1.35. The largest absolute Gasteiger partial charge is 0.466 e. The van der Waals surface area contributed by atoms with Gasteiger partial charge in [-0.25, -0.2) is 0 Å². The van der Waals surface area contributed by atoms with Crippen molar-refractivity contribution in [3.8, 4) is 0 Å². The molecule has 1 spiro atoms. The van der Waals surface area contributed by atoms with Crippen LogP contribution in [0.2, 0.25) is 0 Å². The summed E-state index contributed by atoms with van der Waals surface area (Å²) in [6.45, 7) is 3.17. The first-order valence-electron chi connectivity index (χ1n) is 5.99. The molecule has 1 unspecified atom stereocenters. The summed E-state index contributed by atoms with van der Waals surface area (Å²) in [6.07, 6.45) is 5.33. The van der Waals surface area contributed by atoms with Crippen LogP contribution in [0.15, 0.2) is 10.5 Å². The van der Waals surface area contributed by atoms with E-state index in [4.69, 9.17) is 4.42 Å². The topological polar surface area (TPSA) is 25.2 Å². The Morgan fingerprint density at radius 3 is 2.93 bits per heavy atom. The van der Waals surface area contributed by atoms with E-state index in [0.717, 1.165) is 18.7 Å². The van der Waals surface area contributed by atoms with E-state index in [-0.39, 0.29) is 0 Å². The van der Waals surface area contributed by atoms with E-state index >= 15 is 0 Å². The molecule has 1 aromatic heterocycles. The molecule has 82 valence electrons. The van der Waals surface area contributed by atoms with Gasteiger partial charge in [-0.3, -0.25) is 0 Å². The van der Waals surface area contributed by atoms with Crippen molar-refractivity contribution in [3.05, 3.63) is 23.2 Å². The fourth-order valence-electron chi connectivity index (χ4n) is 3.23. The molecule has 0 bridgehead atoms. The molecule has 0 amide bonds. The minimum Gasteiger partial charge on any atom is -0.466 e. The minimum absolute atomic E-state index is 0.631. The standard InChI is InChI=1S/C13H19NO/c1-9-7-10-11(8-14-2)13(5-6-13)4-3-12(10)15-9/h7,11,14H,3-6,8H2,1-2H3. The zero-order valence-electron chi connectivity index (χ0n) is 9.60. The van der Waals surface area contributed by atoms with Crippen LogP contribution in [0.4, 0.5) is 0 Å². The molecule has 2 aliphatic carbocycles. The molecule has 1 atom stereocenters. The molecule has 3 rings (SSSR count). The number of hydrogen-bond donors (Lipinski definition) is 1. The normalized spacial score (nSPS) is 26.7. The lowest BCUT2D eigenvalue weighted by molar-refractivity contribution is 0.314. The average Bonchev–Trinajstić information content (AvgIpc) is 2.88. The van der Waals surface area contributed by atoms with E-state index in [0.29, 0.717) is 11.3 Å². The second-order valence-electron chi connectivity index (χ2n) is 5.21. The van der Waals surface area contributed by atoms with Gasteiger partial charge >= 0.3 is 0 Å². The van der Waals surface area contributed by atoms with Gasteiger partial charge in [-0.05, 0) is 50.3 Å². The molecule has 0 saturated heterocycles. The maximum atomic E-state index is 5.78. The van der Waals surface area contributed by atoms with Crippen molar-refractivity contribution in [3.63, 3.8) is 0 Å². The molecule has 1 aromatic rings. The van der Waals surface area contributed by atoms with E-state index in [1.165, 1.54) is 30.6 Å². The van der Waals surface area contributed by atoms with Crippen LogP contribution in [0.3, 0.4) is 0 Å². The van der Waals surface area contributed by atoms with Gasteiger partial charge in [-0.15, -0.1) is 0 Å². The van der Waals surface area contributed by atoms with Gasteiger partial charge in [0, 0.05) is 18.9 Å². The lowest BCUT2D eigenvalue weighted by Gasteiger charge is -2.31. The van der Waals surface area contributed by atoms with Gasteiger partial charge in [0.05, 0.1) is 0 Å². The average molecular weight is 205 g/mol. The zero-order valence-corrected chi connectivity index (χ0v) is 9.60. The van der Waals surface area contributed by atoms with Crippen molar-refractivity contribution in [2.75, 3.05) is 13.6 Å². The van der Waals surface area contributed by atoms with Crippen LogP contribution in [0.5, 0.6) is 0 Å². The number of rotatable bonds is 2. The van der Waals surface area contributed by atoms with Crippen molar-refractivity contribution < 1.29 is 4.42 Å². The van der Waals surface area contributed by atoms with Crippen molar-refractivity contribution in [2.45, 2.75) is 38.5 Å². The van der Waals surface area contributed by atoms with Crippen molar-refractivity contribution >= 4 is 0 Å². The first kappa shape index (κ1) is 9.46. The zero-order chi connectivity index (χ0) is 10.5. The Morgan fingerprint density at radius 1 is 1.47 bits per heavy atom. The summed E-state index contributed by atoms with van der Waals surface area (Å²) in [6, 6.07) is 2.26. The van der Waals surface area contributed by atoms with Gasteiger partial charge in [0.25, 0.3) is 0 Å². The number of likely N-dealkylation sites (N-methyl/N-ethyl adjacent to an activating group) is 1. The van der Waals surface area contributed by atoms with Crippen LogP contribution in [0.1, 0.15) is 42.3 Å². The number of hydrogen-bond acceptors (Lipinski definition) is 2. The van der Waals surface area contributed by atoms with Gasteiger partial charge in [0.1, 0.15) is 11.5 Å². The molecule has 0 aromatic carbocycles. The smallest absolute Gasteiger partial charge is 0.107 e. The summed E-state index contributed by atoms with van der Waals surface area (Å²) in [5.41, 5.74) is 2.12. The lowest BCUT2D eigenvalue weighted by atomic mass is 9.75. The van der Waals surface area contributed by atoms with Crippen LogP contribution in [0, 0.1) is 12.3 Å². The Morgan fingerprint density at radius 2 is 2.27 bits per heavy atom. The highest BCUT2D eigenvalue weighted by atomic mass is 16.3. The first-order chi connectivity index (χ1) is 7.25. The Balaban J connectivity index is 1.99. The number of nitrogens with one attached hydrogen (secondary N) is 1. The number of aryl methyl sites for hydroxylation is 2. The Kier molecular flexibility index (Phi) is 1.96. The summed E-state index contributed by atoms with van der Waals surface area (Å²) in [7, 11) is 2.05. The minimum atomic E-state index is 0.631. The fourth-order valence-corrected chi connectivity index (χ4v) is 3.23. The van der Waals surface area contributed by atoms with E-state index in [1.807, 2.05) is 0 Å². The molecule has 2 nitrogen and oxygen atoms in total. The molecule has 2 aliphatic rings. The second-order valence-corrected chi connectivity index (χ2v) is 5.21. The van der Waals surface area contributed by atoms with Crippen LogP contribution in [-0.4, -0.2) is 13.6 Å². The molecule has 1 fully saturated rings. The first-order valence-corrected chi connectivity index (χ1v) is 5.99. The number of fused-ring (bicyclic) bond motifs is 1. The highest BCUT2D eigenvalue weighted by Crippen LogP contribution is 2.61. The highest BCUT2D eigenvalue weighted by Gasteiger charge is 2.52.